The van der Waals surface area contributed by atoms with Crippen molar-refractivity contribution in [3.8, 4) is 0 Å². The zero-order chi connectivity index (χ0) is 14.1. The van der Waals surface area contributed by atoms with Crippen LogP contribution in [0.1, 0.15) is 20.3 Å². The van der Waals surface area contributed by atoms with Crippen molar-refractivity contribution in [2.24, 2.45) is 0 Å². The first-order chi connectivity index (χ1) is 8.38. The smallest absolute Gasteiger partial charge is 0.332 e. The fraction of sp³-hybridized carbons (Fsp3) is 0.727. The molecule has 0 aliphatic rings. The van der Waals surface area contributed by atoms with Crippen molar-refractivity contribution >= 4 is 17.8 Å². The summed E-state index contributed by atoms with van der Waals surface area (Å²) in [5.41, 5.74) is 0. The fourth-order valence-corrected chi connectivity index (χ4v) is 1.00. The number of amides is 2. The van der Waals surface area contributed by atoms with E-state index in [1.807, 2.05) is 6.92 Å². The van der Waals surface area contributed by atoms with Crippen LogP contribution >= 0.6 is 0 Å². The predicted molar refractivity (Wildman–Crippen MR) is 64.0 cm³/mol. The van der Waals surface area contributed by atoms with Crippen LogP contribution in [0.15, 0.2) is 0 Å². The first kappa shape index (κ1) is 16.4. The van der Waals surface area contributed by atoms with Gasteiger partial charge in [0.2, 0.25) is 11.8 Å². The number of carbonyl (C=O) groups is 3. The number of carbonyl (C=O) groups excluding carboxylic acids is 2. The lowest BCUT2D eigenvalue weighted by atomic mass is 10.4. The number of nitrogens with one attached hydrogen (secondary N) is 1. The monoisotopic (exact) mass is 260 g/mol. The minimum atomic E-state index is -1.13. The van der Waals surface area contributed by atoms with Crippen LogP contribution in [0.5, 0.6) is 0 Å². The Hall–Kier alpha value is -1.63. The van der Waals surface area contributed by atoms with E-state index < -0.39 is 18.0 Å². The van der Waals surface area contributed by atoms with E-state index in [2.05, 4.69) is 5.32 Å². The van der Waals surface area contributed by atoms with E-state index in [1.54, 1.807) is 0 Å². The summed E-state index contributed by atoms with van der Waals surface area (Å²) in [6, 6.07) is 0. The molecule has 0 radical (unpaired) electrons. The maximum Gasteiger partial charge on any atom is 0.332 e. The summed E-state index contributed by atoms with van der Waals surface area (Å²) in [7, 11) is 1.46. The molecule has 0 aromatic heterocycles. The van der Waals surface area contributed by atoms with Crippen molar-refractivity contribution in [1.82, 2.24) is 10.2 Å². The van der Waals surface area contributed by atoms with Crippen molar-refractivity contribution in [3.05, 3.63) is 0 Å². The molecule has 7 heteroatoms. The normalized spacial score (nSPS) is 11.7. The zero-order valence-corrected chi connectivity index (χ0v) is 10.9. The molecule has 18 heavy (non-hydrogen) atoms. The number of nitrogens with zero attached hydrogens (tertiary/aromatic N) is 1. The highest BCUT2D eigenvalue weighted by molar-refractivity contribution is 5.85. The van der Waals surface area contributed by atoms with Gasteiger partial charge in [-0.15, -0.1) is 0 Å². The van der Waals surface area contributed by atoms with Gasteiger partial charge < -0.3 is 20.1 Å². The van der Waals surface area contributed by atoms with Crippen molar-refractivity contribution in [1.29, 1.82) is 0 Å². The topological polar surface area (TPSA) is 95.9 Å². The van der Waals surface area contributed by atoms with E-state index >= 15 is 0 Å². The highest BCUT2D eigenvalue weighted by atomic mass is 16.5. The summed E-state index contributed by atoms with van der Waals surface area (Å²) in [5.74, 6) is -1.82. The molecular formula is C11H20N2O5. The Morgan fingerprint density at radius 1 is 1.39 bits per heavy atom. The number of likely N-dealkylation sites (N-methyl/N-ethyl adjacent to an activating group) is 1. The summed E-state index contributed by atoms with van der Waals surface area (Å²) in [6.45, 7) is 3.40. The van der Waals surface area contributed by atoms with Crippen molar-refractivity contribution in [2.45, 2.75) is 26.4 Å². The van der Waals surface area contributed by atoms with Gasteiger partial charge in [0, 0.05) is 13.6 Å². The Kier molecular flexibility index (Phi) is 7.69. The Labute approximate surface area is 106 Å². The van der Waals surface area contributed by atoms with E-state index in [9.17, 15) is 14.4 Å². The second-order valence-electron chi connectivity index (χ2n) is 3.89. The van der Waals surface area contributed by atoms with Crippen molar-refractivity contribution in [3.63, 3.8) is 0 Å². The lowest BCUT2D eigenvalue weighted by Gasteiger charge is -2.17. The molecular weight excluding hydrogens is 240 g/mol. The maximum absolute atomic E-state index is 11.5. The van der Waals surface area contributed by atoms with Crippen LogP contribution in [-0.4, -0.2) is 60.6 Å². The maximum atomic E-state index is 11.5. The Morgan fingerprint density at radius 2 is 2.00 bits per heavy atom. The average Bonchev–Trinajstić information content (AvgIpc) is 2.32. The Morgan fingerprint density at radius 3 is 2.50 bits per heavy atom. The number of rotatable bonds is 8. The lowest BCUT2D eigenvalue weighted by Crippen LogP contribution is -2.40. The lowest BCUT2D eigenvalue weighted by molar-refractivity contribution is -0.153. The number of carboxylic acid groups (broad SMARTS) is 1. The van der Waals surface area contributed by atoms with Crippen LogP contribution in [0.3, 0.4) is 0 Å². The van der Waals surface area contributed by atoms with Crippen LogP contribution in [-0.2, 0) is 19.1 Å². The van der Waals surface area contributed by atoms with Gasteiger partial charge in [0.1, 0.15) is 6.61 Å². The van der Waals surface area contributed by atoms with Gasteiger partial charge in [-0.05, 0) is 13.3 Å². The molecule has 0 aromatic carbocycles. The third-order valence-corrected chi connectivity index (χ3v) is 2.18. The molecule has 1 unspecified atom stereocenters. The first-order valence-corrected chi connectivity index (χ1v) is 5.73. The van der Waals surface area contributed by atoms with Gasteiger partial charge in [-0.25, -0.2) is 4.79 Å². The third kappa shape index (κ3) is 6.85. The molecule has 0 spiro atoms. The molecule has 2 amide bonds. The van der Waals surface area contributed by atoms with Gasteiger partial charge in [-0.2, -0.15) is 0 Å². The second kappa shape index (κ2) is 8.46. The quantitative estimate of drug-likeness (QED) is 0.611. The summed E-state index contributed by atoms with van der Waals surface area (Å²) < 4.78 is 4.83. The number of aliphatic carboxylic acids is 1. The molecule has 0 aliphatic heterocycles. The van der Waals surface area contributed by atoms with E-state index in [-0.39, 0.29) is 19.1 Å². The van der Waals surface area contributed by atoms with Gasteiger partial charge in [0.05, 0.1) is 6.54 Å². The summed E-state index contributed by atoms with van der Waals surface area (Å²) in [4.78, 5) is 34.5. The molecule has 0 aliphatic carbocycles. The van der Waals surface area contributed by atoms with E-state index in [1.165, 1.54) is 18.9 Å². The number of carboxylic acids is 1. The molecule has 2 N–H and O–H groups in total. The molecule has 0 aromatic rings. The second-order valence-corrected chi connectivity index (χ2v) is 3.89. The van der Waals surface area contributed by atoms with Crippen molar-refractivity contribution in [2.75, 3.05) is 26.7 Å². The summed E-state index contributed by atoms with van der Waals surface area (Å²) in [6.07, 6.45) is -0.223. The van der Waals surface area contributed by atoms with Gasteiger partial charge >= 0.3 is 5.97 Å². The molecule has 0 bridgehead atoms. The minimum absolute atomic E-state index is 0.0658. The van der Waals surface area contributed by atoms with Crippen LogP contribution in [0.2, 0.25) is 0 Å². The molecule has 0 rings (SSSR count). The zero-order valence-electron chi connectivity index (χ0n) is 10.9. The molecule has 0 fully saturated rings. The number of hydrogen-bond donors (Lipinski definition) is 2. The Balaban J connectivity index is 3.96. The largest absolute Gasteiger partial charge is 0.479 e. The summed E-state index contributed by atoms with van der Waals surface area (Å²) in [5, 5.41) is 11.2. The van der Waals surface area contributed by atoms with Gasteiger partial charge in [0.25, 0.3) is 0 Å². The van der Waals surface area contributed by atoms with Crippen LogP contribution in [0.4, 0.5) is 0 Å². The molecule has 0 saturated carbocycles. The summed E-state index contributed by atoms with van der Waals surface area (Å²) >= 11 is 0. The minimum Gasteiger partial charge on any atom is -0.479 e. The number of ether oxygens (including phenoxy) is 1. The molecule has 0 heterocycles. The predicted octanol–water partition coefficient (Wildman–Crippen LogP) is -0.539. The molecule has 7 nitrogen and oxygen atoms in total. The van der Waals surface area contributed by atoms with Gasteiger partial charge in [-0.3, -0.25) is 9.59 Å². The first-order valence-electron chi connectivity index (χ1n) is 5.73. The van der Waals surface area contributed by atoms with Gasteiger partial charge in [-0.1, -0.05) is 6.92 Å². The van der Waals surface area contributed by atoms with Gasteiger partial charge in [0.15, 0.2) is 6.10 Å². The Bertz CT molecular complexity index is 306. The van der Waals surface area contributed by atoms with Crippen LogP contribution in [0.25, 0.3) is 0 Å². The SMILES string of the molecule is CCCNC(=O)CN(C)C(=O)COC(C)C(=O)O. The molecule has 104 valence electrons. The van der Waals surface area contributed by atoms with E-state index in [0.29, 0.717) is 6.54 Å². The average molecular weight is 260 g/mol. The molecule has 1 atom stereocenters. The molecule has 0 saturated heterocycles. The van der Waals surface area contributed by atoms with E-state index in [4.69, 9.17) is 9.84 Å². The van der Waals surface area contributed by atoms with Crippen LogP contribution < -0.4 is 5.32 Å². The number of hydrogen-bond acceptors (Lipinski definition) is 4. The highest BCUT2D eigenvalue weighted by Crippen LogP contribution is 1.93. The third-order valence-electron chi connectivity index (χ3n) is 2.18. The standard InChI is InChI=1S/C11H20N2O5/c1-4-5-12-9(14)6-13(3)10(15)7-18-8(2)11(16)17/h8H,4-7H2,1-3H3,(H,12,14)(H,16,17). The fourth-order valence-electron chi connectivity index (χ4n) is 1.00. The van der Waals surface area contributed by atoms with E-state index in [0.717, 1.165) is 6.42 Å². The highest BCUT2D eigenvalue weighted by Gasteiger charge is 2.16. The van der Waals surface area contributed by atoms with Crippen LogP contribution in [0, 0.1) is 0 Å². The van der Waals surface area contributed by atoms with Crippen molar-refractivity contribution < 1.29 is 24.2 Å².